The second-order valence-corrected chi connectivity index (χ2v) is 5.98. The molecule has 0 radical (unpaired) electrons. The van der Waals surface area contributed by atoms with Crippen molar-refractivity contribution in [2.45, 2.75) is 26.2 Å². The highest BCUT2D eigenvalue weighted by atomic mass is 16.1. The minimum absolute atomic E-state index is 0.198. The number of carbonyl (C=O) groups is 2. The molecule has 0 aliphatic heterocycles. The van der Waals surface area contributed by atoms with E-state index in [9.17, 15) is 9.59 Å². The number of rotatable bonds is 4. The Bertz CT molecular complexity index is 760. The topological polar surface area (TPSA) is 110 Å². The summed E-state index contributed by atoms with van der Waals surface area (Å²) in [5, 5.41) is 6.08. The summed E-state index contributed by atoms with van der Waals surface area (Å²) in [6, 6.07) is 10.3. The third-order valence-corrected chi connectivity index (χ3v) is 3.84. The van der Waals surface area contributed by atoms with Crippen molar-refractivity contribution in [2.75, 3.05) is 10.6 Å². The Morgan fingerprint density at radius 3 is 1.46 bits per heavy atom. The van der Waals surface area contributed by atoms with Gasteiger partial charge in [0.15, 0.2) is 11.6 Å². The Kier molecular flexibility index (Phi) is 4.09. The molecule has 0 aromatic heterocycles. The molecule has 2 aromatic rings. The van der Waals surface area contributed by atoms with Crippen LogP contribution >= 0.6 is 0 Å². The van der Waals surface area contributed by atoms with E-state index in [0.717, 1.165) is 0 Å². The van der Waals surface area contributed by atoms with Gasteiger partial charge in [0, 0.05) is 22.5 Å². The van der Waals surface area contributed by atoms with Gasteiger partial charge in [-0.15, -0.1) is 0 Å². The highest BCUT2D eigenvalue weighted by Crippen LogP contribution is 2.36. The van der Waals surface area contributed by atoms with E-state index in [4.69, 9.17) is 11.5 Å². The molecule has 6 heteroatoms. The van der Waals surface area contributed by atoms with Crippen LogP contribution in [0, 0.1) is 0 Å². The number of hydrogen-bond acceptors (Lipinski definition) is 6. The third-order valence-electron chi connectivity index (χ3n) is 3.84. The lowest BCUT2D eigenvalue weighted by atomic mass is 9.82. The van der Waals surface area contributed by atoms with Crippen molar-refractivity contribution in [1.29, 1.82) is 0 Å². The molecule has 0 fully saturated rings. The van der Waals surface area contributed by atoms with Crippen molar-refractivity contribution in [3.63, 3.8) is 0 Å². The van der Waals surface area contributed by atoms with Crippen LogP contribution in [-0.2, 0) is 0 Å². The first-order valence-corrected chi connectivity index (χ1v) is 7.79. The lowest BCUT2D eigenvalue weighted by molar-refractivity contribution is 0.0980. The second-order valence-electron chi connectivity index (χ2n) is 5.98. The van der Waals surface area contributed by atoms with Gasteiger partial charge in [0.2, 0.25) is 0 Å². The van der Waals surface area contributed by atoms with Crippen LogP contribution < -0.4 is 22.1 Å². The van der Waals surface area contributed by atoms with Gasteiger partial charge in [0.05, 0.1) is 23.5 Å². The molecular formula is C18H20N4O2. The standard InChI is InChI=1S/C18H20N4O2/c1-9(19)21-13-7-8-14(22-10(2)20)16-15(13)17(23)11-5-3-4-6-12(11)18(16)24/h3-10,21-22H,19-20H2,1-2H3. The highest BCUT2D eigenvalue weighted by molar-refractivity contribution is 6.31. The maximum absolute atomic E-state index is 13.0. The fourth-order valence-corrected chi connectivity index (χ4v) is 2.95. The number of carbonyl (C=O) groups excluding carboxylic acids is 2. The minimum atomic E-state index is -0.360. The van der Waals surface area contributed by atoms with Gasteiger partial charge in [-0.1, -0.05) is 24.3 Å². The molecule has 1 aliphatic carbocycles. The lowest BCUT2D eigenvalue weighted by Crippen LogP contribution is -2.31. The molecule has 2 atom stereocenters. The Balaban J connectivity index is 2.26. The summed E-state index contributed by atoms with van der Waals surface area (Å²) < 4.78 is 0. The summed E-state index contributed by atoms with van der Waals surface area (Å²) >= 11 is 0. The molecule has 6 N–H and O–H groups in total. The maximum Gasteiger partial charge on any atom is 0.196 e. The predicted molar refractivity (Wildman–Crippen MR) is 94.3 cm³/mol. The van der Waals surface area contributed by atoms with Crippen LogP contribution in [0.3, 0.4) is 0 Å². The van der Waals surface area contributed by atoms with Crippen molar-refractivity contribution in [2.24, 2.45) is 11.5 Å². The molecule has 0 saturated heterocycles. The van der Waals surface area contributed by atoms with Crippen molar-refractivity contribution < 1.29 is 9.59 Å². The molecule has 0 heterocycles. The normalized spacial score (nSPS) is 15.3. The quantitative estimate of drug-likeness (QED) is 0.546. The number of nitrogens with two attached hydrogens (primary N) is 2. The second kappa shape index (κ2) is 6.07. The van der Waals surface area contributed by atoms with E-state index in [1.54, 1.807) is 50.2 Å². The molecule has 3 rings (SSSR count). The van der Waals surface area contributed by atoms with E-state index in [1.165, 1.54) is 0 Å². The van der Waals surface area contributed by atoms with Crippen LogP contribution in [0.2, 0.25) is 0 Å². The van der Waals surface area contributed by atoms with Crippen molar-refractivity contribution in [1.82, 2.24) is 0 Å². The van der Waals surface area contributed by atoms with Gasteiger partial charge in [-0.05, 0) is 26.0 Å². The molecule has 24 heavy (non-hydrogen) atoms. The summed E-state index contributed by atoms with van der Waals surface area (Å²) in [6.45, 7) is 3.53. The van der Waals surface area contributed by atoms with E-state index in [-0.39, 0.29) is 23.9 Å². The number of fused-ring (bicyclic) bond motifs is 2. The Morgan fingerprint density at radius 1 is 0.750 bits per heavy atom. The van der Waals surface area contributed by atoms with Gasteiger partial charge >= 0.3 is 0 Å². The molecule has 0 bridgehead atoms. The Morgan fingerprint density at radius 2 is 1.12 bits per heavy atom. The van der Waals surface area contributed by atoms with E-state index in [1.807, 2.05) is 0 Å². The number of ketones is 2. The van der Waals surface area contributed by atoms with Crippen molar-refractivity contribution in [3.05, 3.63) is 58.7 Å². The van der Waals surface area contributed by atoms with Crippen LogP contribution in [-0.4, -0.2) is 23.9 Å². The molecule has 2 unspecified atom stereocenters. The smallest absolute Gasteiger partial charge is 0.196 e. The fraction of sp³-hybridized carbons (Fsp3) is 0.222. The predicted octanol–water partition coefficient (Wildman–Crippen LogP) is 1.90. The summed E-state index contributed by atoms with van der Waals surface area (Å²) in [7, 11) is 0. The zero-order chi connectivity index (χ0) is 17.4. The van der Waals surface area contributed by atoms with Gasteiger partial charge in [0.1, 0.15) is 0 Å². The van der Waals surface area contributed by atoms with Crippen LogP contribution in [0.4, 0.5) is 11.4 Å². The molecule has 124 valence electrons. The van der Waals surface area contributed by atoms with E-state index < -0.39 is 0 Å². The van der Waals surface area contributed by atoms with E-state index in [0.29, 0.717) is 33.6 Å². The first-order chi connectivity index (χ1) is 11.4. The van der Waals surface area contributed by atoms with Gasteiger partial charge in [-0.25, -0.2) is 0 Å². The third kappa shape index (κ3) is 2.66. The maximum atomic E-state index is 13.0. The minimum Gasteiger partial charge on any atom is -0.370 e. The summed E-state index contributed by atoms with van der Waals surface area (Å²) in [6.07, 6.45) is -0.720. The Hall–Kier alpha value is -2.70. The molecule has 6 nitrogen and oxygen atoms in total. The summed E-state index contributed by atoms with van der Waals surface area (Å²) in [5.74, 6) is -0.395. The van der Waals surface area contributed by atoms with Crippen LogP contribution in [0.15, 0.2) is 36.4 Å². The van der Waals surface area contributed by atoms with Crippen molar-refractivity contribution >= 4 is 22.9 Å². The Labute approximate surface area is 140 Å². The van der Waals surface area contributed by atoms with Crippen molar-refractivity contribution in [3.8, 4) is 0 Å². The first-order valence-electron chi connectivity index (χ1n) is 7.79. The van der Waals surface area contributed by atoms with E-state index >= 15 is 0 Å². The molecule has 0 saturated carbocycles. The van der Waals surface area contributed by atoms with Crippen LogP contribution in [0.5, 0.6) is 0 Å². The highest BCUT2D eigenvalue weighted by Gasteiger charge is 2.34. The summed E-state index contributed by atoms with van der Waals surface area (Å²) in [4.78, 5) is 26.0. The lowest BCUT2D eigenvalue weighted by Gasteiger charge is -2.25. The monoisotopic (exact) mass is 324 g/mol. The number of benzene rings is 2. The fourth-order valence-electron chi connectivity index (χ4n) is 2.95. The van der Waals surface area contributed by atoms with Gasteiger partial charge in [-0.3, -0.25) is 9.59 Å². The number of hydrogen-bond donors (Lipinski definition) is 4. The number of anilines is 2. The van der Waals surface area contributed by atoms with Gasteiger partial charge < -0.3 is 22.1 Å². The molecular weight excluding hydrogens is 304 g/mol. The average molecular weight is 324 g/mol. The molecule has 1 aliphatic rings. The molecule has 0 spiro atoms. The number of nitrogens with one attached hydrogen (secondary N) is 2. The van der Waals surface area contributed by atoms with Gasteiger partial charge in [0.25, 0.3) is 0 Å². The zero-order valence-electron chi connectivity index (χ0n) is 13.6. The first kappa shape index (κ1) is 16.2. The van der Waals surface area contributed by atoms with E-state index in [2.05, 4.69) is 10.6 Å². The zero-order valence-corrected chi connectivity index (χ0v) is 13.6. The molecule has 0 amide bonds. The van der Waals surface area contributed by atoms with Crippen LogP contribution in [0.25, 0.3) is 0 Å². The van der Waals surface area contributed by atoms with Crippen LogP contribution in [0.1, 0.15) is 45.7 Å². The average Bonchev–Trinajstić information content (AvgIpc) is 2.53. The largest absolute Gasteiger partial charge is 0.370 e. The SMILES string of the molecule is CC(N)Nc1ccc(NC(C)N)c2c1C(=O)c1ccccc1C2=O. The molecule has 2 aromatic carbocycles. The van der Waals surface area contributed by atoms with Gasteiger partial charge in [-0.2, -0.15) is 0 Å². The summed E-state index contributed by atoms with van der Waals surface area (Å²) in [5.41, 5.74) is 14.2.